The number of hydrogen-bond acceptors (Lipinski definition) is 2. The average Bonchev–Trinajstić information content (AvgIpc) is 1.85. The molecule has 0 heterocycles. The molecule has 0 aliphatic rings. The molecule has 0 bridgehead atoms. The molecule has 2 N–H and O–H groups in total. The van der Waals surface area contributed by atoms with Crippen LogP contribution in [0, 0.1) is 0 Å². The largest absolute Gasteiger partial charge is 0.679 e. The predicted molar refractivity (Wildman–Crippen MR) is 44.4 cm³/mol. The van der Waals surface area contributed by atoms with Crippen LogP contribution in [0.25, 0.3) is 11.5 Å². The van der Waals surface area contributed by atoms with Crippen LogP contribution in [0.5, 0.6) is 0 Å². The van der Waals surface area contributed by atoms with Gasteiger partial charge in [0.1, 0.15) is 11.6 Å². The van der Waals surface area contributed by atoms with Crippen molar-refractivity contribution in [3.05, 3.63) is 11.5 Å². The molecular weight excluding hydrogens is 203 g/mol. The SMILES string of the molecule is CC(=O)CC(C)=O.[Co].[NH-]CC[NH-]. The number of hydrogen-bond donors (Lipinski definition) is 0. The van der Waals surface area contributed by atoms with Gasteiger partial charge in [-0.1, -0.05) is 0 Å². The molecule has 0 aromatic rings. The van der Waals surface area contributed by atoms with Gasteiger partial charge in [-0.3, -0.25) is 9.59 Å². The molecule has 0 saturated heterocycles. The van der Waals surface area contributed by atoms with Crippen molar-refractivity contribution in [1.82, 2.24) is 0 Å². The molecule has 4 nitrogen and oxygen atoms in total. The first-order valence-corrected chi connectivity index (χ1v) is 3.32. The van der Waals surface area contributed by atoms with E-state index in [0.29, 0.717) is 0 Å². The van der Waals surface area contributed by atoms with E-state index in [1.54, 1.807) is 0 Å². The van der Waals surface area contributed by atoms with Crippen molar-refractivity contribution in [3.63, 3.8) is 0 Å². The van der Waals surface area contributed by atoms with E-state index in [4.69, 9.17) is 11.5 Å². The van der Waals surface area contributed by atoms with Crippen molar-refractivity contribution in [2.45, 2.75) is 20.3 Å². The molecule has 0 atom stereocenters. The number of carbonyl (C=O) groups excluding carboxylic acids is 2. The molecule has 0 unspecified atom stereocenters. The maximum atomic E-state index is 10.0. The zero-order valence-electron chi connectivity index (χ0n) is 7.27. The van der Waals surface area contributed by atoms with Crippen LogP contribution in [0.1, 0.15) is 20.3 Å². The molecule has 1 radical (unpaired) electrons. The molecule has 0 aliphatic heterocycles. The van der Waals surface area contributed by atoms with Crippen molar-refractivity contribution in [2.24, 2.45) is 0 Å². The third-order valence-corrected chi connectivity index (χ3v) is 0.623. The molecule has 0 saturated carbocycles. The van der Waals surface area contributed by atoms with Crippen LogP contribution >= 0.6 is 0 Å². The standard InChI is InChI=1S/C5H8O2.C2H6N2.Co/c1-4(6)3-5(2)7;3-1-2-4;/h3H2,1-2H3;3-4H,1-2H2;/q;-2;. The third kappa shape index (κ3) is 33.0. The second kappa shape index (κ2) is 13.4. The molecule has 12 heavy (non-hydrogen) atoms. The zero-order chi connectivity index (χ0) is 9.28. The molecule has 0 aromatic carbocycles. The van der Waals surface area contributed by atoms with Crippen LogP contribution in [0.15, 0.2) is 0 Å². The fourth-order valence-corrected chi connectivity index (χ4v) is 0.351. The van der Waals surface area contributed by atoms with Gasteiger partial charge < -0.3 is 11.5 Å². The smallest absolute Gasteiger partial charge is 0.137 e. The Morgan fingerprint density at radius 2 is 1.25 bits per heavy atom. The Labute approximate surface area is 83.3 Å². The van der Waals surface area contributed by atoms with Gasteiger partial charge in [0.2, 0.25) is 0 Å². The van der Waals surface area contributed by atoms with Gasteiger partial charge in [0.15, 0.2) is 0 Å². The third-order valence-electron chi connectivity index (χ3n) is 0.623. The van der Waals surface area contributed by atoms with Gasteiger partial charge in [-0.25, -0.2) is 0 Å². The second-order valence-electron chi connectivity index (χ2n) is 2.08. The van der Waals surface area contributed by atoms with Crippen molar-refractivity contribution in [2.75, 3.05) is 13.1 Å². The van der Waals surface area contributed by atoms with Gasteiger partial charge >= 0.3 is 0 Å². The summed E-state index contributed by atoms with van der Waals surface area (Å²) in [5.74, 6) is -0.125. The summed E-state index contributed by atoms with van der Waals surface area (Å²) in [5, 5.41) is 0. The number of ketones is 2. The van der Waals surface area contributed by atoms with Crippen LogP contribution in [0.3, 0.4) is 0 Å². The van der Waals surface area contributed by atoms with E-state index in [-0.39, 0.29) is 47.9 Å². The Balaban J connectivity index is -0.000000142. The van der Waals surface area contributed by atoms with Crippen molar-refractivity contribution in [1.29, 1.82) is 0 Å². The zero-order valence-corrected chi connectivity index (χ0v) is 8.31. The van der Waals surface area contributed by atoms with E-state index < -0.39 is 0 Å². The van der Waals surface area contributed by atoms with Crippen molar-refractivity contribution >= 4 is 11.6 Å². The van der Waals surface area contributed by atoms with Crippen molar-refractivity contribution < 1.29 is 26.4 Å². The number of nitrogens with one attached hydrogen (secondary N) is 2. The minimum Gasteiger partial charge on any atom is -0.679 e. The maximum absolute atomic E-state index is 10.0. The number of carbonyl (C=O) groups is 2. The summed E-state index contributed by atoms with van der Waals surface area (Å²) in [6.45, 7) is 3.28. The Kier molecular flexibility index (Phi) is 19.8. The summed E-state index contributed by atoms with van der Waals surface area (Å²) in [6, 6.07) is 0. The Morgan fingerprint density at radius 3 is 1.25 bits per heavy atom. The summed E-state index contributed by atoms with van der Waals surface area (Å²) < 4.78 is 0. The molecule has 0 rings (SSSR count). The first-order valence-electron chi connectivity index (χ1n) is 3.32. The molecule has 0 aromatic heterocycles. The number of Topliss-reactive ketones (excluding diaryl/α,β-unsaturated/α-hetero) is 2. The second-order valence-corrected chi connectivity index (χ2v) is 2.08. The summed E-state index contributed by atoms with van der Waals surface area (Å²) in [5.41, 5.74) is 12.5. The van der Waals surface area contributed by atoms with Gasteiger partial charge in [0, 0.05) is 16.8 Å². The van der Waals surface area contributed by atoms with E-state index in [1.807, 2.05) is 0 Å². The normalized spacial score (nSPS) is 7.33. The van der Waals surface area contributed by atoms with Crippen LogP contribution < -0.4 is 0 Å². The molecule has 0 fully saturated rings. The van der Waals surface area contributed by atoms with Gasteiger partial charge in [0.05, 0.1) is 6.42 Å². The molecule has 0 amide bonds. The Bertz CT molecular complexity index is 115. The monoisotopic (exact) mass is 217 g/mol. The molecule has 75 valence electrons. The minimum atomic E-state index is -0.0625. The molecular formula is C7H14CoN2O2-2. The topological polar surface area (TPSA) is 81.7 Å². The van der Waals surface area contributed by atoms with E-state index in [1.165, 1.54) is 13.8 Å². The minimum absolute atomic E-state index is 0. The summed E-state index contributed by atoms with van der Waals surface area (Å²) in [6.07, 6.45) is 0.0833. The van der Waals surface area contributed by atoms with Crippen LogP contribution in [0.2, 0.25) is 0 Å². The fraction of sp³-hybridized carbons (Fsp3) is 0.714. The summed E-state index contributed by atoms with van der Waals surface area (Å²) in [7, 11) is 0. The quantitative estimate of drug-likeness (QED) is 0.673. The summed E-state index contributed by atoms with van der Waals surface area (Å²) in [4.78, 5) is 20.1. The predicted octanol–water partition coefficient (Wildman–Crippen LogP) is 1.64. The number of rotatable bonds is 3. The van der Waals surface area contributed by atoms with Gasteiger partial charge in [-0.15, -0.1) is 0 Å². The fourth-order valence-electron chi connectivity index (χ4n) is 0.351. The summed E-state index contributed by atoms with van der Waals surface area (Å²) >= 11 is 0. The van der Waals surface area contributed by atoms with Crippen molar-refractivity contribution in [3.8, 4) is 0 Å². The van der Waals surface area contributed by atoms with E-state index in [0.717, 1.165) is 0 Å². The van der Waals surface area contributed by atoms with E-state index in [2.05, 4.69) is 0 Å². The van der Waals surface area contributed by atoms with Gasteiger partial charge in [0.25, 0.3) is 0 Å². The van der Waals surface area contributed by atoms with Crippen LogP contribution in [-0.2, 0) is 26.4 Å². The average molecular weight is 217 g/mol. The molecule has 0 spiro atoms. The van der Waals surface area contributed by atoms with Crippen LogP contribution in [0.4, 0.5) is 0 Å². The molecule has 0 aliphatic carbocycles. The van der Waals surface area contributed by atoms with Gasteiger partial charge in [-0.2, -0.15) is 13.1 Å². The van der Waals surface area contributed by atoms with E-state index >= 15 is 0 Å². The van der Waals surface area contributed by atoms with E-state index in [9.17, 15) is 9.59 Å². The molecule has 5 heteroatoms. The Hall–Kier alpha value is -0.234. The van der Waals surface area contributed by atoms with Gasteiger partial charge in [-0.05, 0) is 13.8 Å². The first-order chi connectivity index (χ1) is 5.04. The van der Waals surface area contributed by atoms with Crippen LogP contribution in [-0.4, -0.2) is 24.7 Å². The first kappa shape index (κ1) is 17.7. The maximum Gasteiger partial charge on any atom is 0.137 e. The Morgan fingerprint density at radius 1 is 1.00 bits per heavy atom.